The van der Waals surface area contributed by atoms with Crippen molar-refractivity contribution in [1.29, 1.82) is 0 Å². The van der Waals surface area contributed by atoms with Crippen LogP contribution in [0.5, 0.6) is 0 Å². The van der Waals surface area contributed by atoms with Crippen molar-refractivity contribution in [2.24, 2.45) is 5.92 Å². The molecule has 0 saturated carbocycles. The van der Waals surface area contributed by atoms with Crippen LogP contribution in [0.25, 0.3) is 0 Å². The zero-order chi connectivity index (χ0) is 14.7. The first kappa shape index (κ1) is 14.7. The molecule has 112 valence electrons. The molecule has 1 atom stereocenters. The van der Waals surface area contributed by atoms with Crippen LogP contribution in [0.1, 0.15) is 37.7 Å². The van der Waals surface area contributed by atoms with Crippen LogP contribution in [0.3, 0.4) is 0 Å². The maximum Gasteiger partial charge on any atom is 0.122 e. The van der Waals surface area contributed by atoms with Crippen LogP contribution in [0, 0.1) is 5.92 Å². The van der Waals surface area contributed by atoms with Crippen LogP contribution in [0.4, 0.5) is 0 Å². The van der Waals surface area contributed by atoms with Crippen LogP contribution in [0.15, 0.2) is 41.6 Å². The number of benzene rings is 1. The van der Waals surface area contributed by atoms with E-state index in [1.807, 2.05) is 18.0 Å². The molecule has 21 heavy (non-hydrogen) atoms. The second-order valence-corrected chi connectivity index (χ2v) is 7.13. The third kappa shape index (κ3) is 3.50. The molecule has 0 bridgehead atoms. The molecular formula is C17H23N3S. The van der Waals surface area contributed by atoms with Crippen molar-refractivity contribution in [3.8, 4) is 0 Å². The number of fused-ring (bicyclic) bond motifs is 1. The Labute approximate surface area is 131 Å². The van der Waals surface area contributed by atoms with Gasteiger partial charge in [-0.2, -0.15) is 0 Å². The van der Waals surface area contributed by atoms with Gasteiger partial charge in [-0.25, -0.2) is 4.98 Å². The standard InChI is InChI=1S/C17H23N3S/c1-13(2)12-20-9-8-18-17(20)11-19-15-7-10-21-16-6-4-3-5-14(15)16/h3-6,8-9,13,15,19H,7,10-12H2,1-2H3. The molecule has 0 fully saturated rings. The lowest BCUT2D eigenvalue weighted by Crippen LogP contribution is -2.26. The van der Waals surface area contributed by atoms with Crippen molar-refractivity contribution in [3.05, 3.63) is 48.0 Å². The zero-order valence-corrected chi connectivity index (χ0v) is 13.6. The minimum Gasteiger partial charge on any atom is -0.334 e. The summed E-state index contributed by atoms with van der Waals surface area (Å²) in [6, 6.07) is 9.20. The molecule has 0 aliphatic carbocycles. The molecule has 3 nitrogen and oxygen atoms in total. The minimum absolute atomic E-state index is 0.451. The van der Waals surface area contributed by atoms with Gasteiger partial charge in [-0.05, 0) is 29.7 Å². The summed E-state index contributed by atoms with van der Waals surface area (Å²) in [6.07, 6.45) is 5.18. The summed E-state index contributed by atoms with van der Waals surface area (Å²) in [4.78, 5) is 5.93. The van der Waals surface area contributed by atoms with E-state index in [0.29, 0.717) is 12.0 Å². The number of hydrogen-bond acceptors (Lipinski definition) is 3. The maximum absolute atomic E-state index is 4.50. The number of nitrogens with one attached hydrogen (secondary N) is 1. The normalized spacial score (nSPS) is 18.0. The second kappa shape index (κ2) is 6.67. The van der Waals surface area contributed by atoms with E-state index >= 15 is 0 Å². The Morgan fingerprint density at radius 2 is 2.24 bits per heavy atom. The summed E-state index contributed by atoms with van der Waals surface area (Å²) in [5, 5.41) is 3.70. The first-order valence-corrected chi connectivity index (χ1v) is 8.67. The van der Waals surface area contributed by atoms with Crippen LogP contribution in [-0.2, 0) is 13.1 Å². The van der Waals surface area contributed by atoms with Crippen molar-refractivity contribution in [2.45, 2.75) is 44.3 Å². The predicted octanol–water partition coefficient (Wildman–Crippen LogP) is 3.87. The average molecular weight is 301 g/mol. The van der Waals surface area contributed by atoms with Crippen molar-refractivity contribution in [3.63, 3.8) is 0 Å². The molecule has 1 aromatic carbocycles. The SMILES string of the molecule is CC(C)Cn1ccnc1CNC1CCSc2ccccc21. The van der Waals surface area contributed by atoms with E-state index in [1.165, 1.54) is 22.6 Å². The maximum atomic E-state index is 4.50. The van der Waals surface area contributed by atoms with E-state index in [9.17, 15) is 0 Å². The van der Waals surface area contributed by atoms with Gasteiger partial charge in [0, 0.05) is 29.9 Å². The molecule has 4 heteroatoms. The topological polar surface area (TPSA) is 29.9 Å². The summed E-state index contributed by atoms with van der Waals surface area (Å²) < 4.78 is 2.27. The lowest BCUT2D eigenvalue weighted by atomic mass is 10.0. The molecule has 2 heterocycles. The highest BCUT2D eigenvalue weighted by molar-refractivity contribution is 7.99. The molecule has 1 unspecified atom stereocenters. The van der Waals surface area contributed by atoms with Crippen LogP contribution in [-0.4, -0.2) is 15.3 Å². The van der Waals surface area contributed by atoms with Gasteiger partial charge >= 0.3 is 0 Å². The summed E-state index contributed by atoms with van der Waals surface area (Å²) in [5.41, 5.74) is 1.44. The van der Waals surface area contributed by atoms with Gasteiger partial charge in [0.1, 0.15) is 5.82 Å². The third-order valence-corrected chi connectivity index (χ3v) is 4.95. The van der Waals surface area contributed by atoms with Gasteiger partial charge < -0.3 is 9.88 Å². The molecule has 0 amide bonds. The Kier molecular flexibility index (Phi) is 4.66. The van der Waals surface area contributed by atoms with Crippen LogP contribution < -0.4 is 5.32 Å². The fourth-order valence-electron chi connectivity index (χ4n) is 2.84. The van der Waals surface area contributed by atoms with Crippen molar-refractivity contribution in [2.75, 3.05) is 5.75 Å². The fourth-order valence-corrected chi connectivity index (χ4v) is 3.96. The smallest absolute Gasteiger partial charge is 0.122 e. The van der Waals surface area contributed by atoms with Gasteiger partial charge in [0.25, 0.3) is 0 Å². The van der Waals surface area contributed by atoms with Gasteiger partial charge in [-0.15, -0.1) is 11.8 Å². The molecule has 1 aliphatic rings. The van der Waals surface area contributed by atoms with Gasteiger partial charge in [-0.1, -0.05) is 32.0 Å². The molecule has 1 aliphatic heterocycles. The molecule has 0 spiro atoms. The van der Waals surface area contributed by atoms with Gasteiger partial charge in [0.05, 0.1) is 6.54 Å². The van der Waals surface area contributed by atoms with Crippen LogP contribution >= 0.6 is 11.8 Å². The molecular weight excluding hydrogens is 278 g/mol. The highest BCUT2D eigenvalue weighted by Gasteiger charge is 2.20. The third-order valence-electron chi connectivity index (χ3n) is 3.83. The number of thioether (sulfide) groups is 1. The Morgan fingerprint density at radius 3 is 3.10 bits per heavy atom. The predicted molar refractivity (Wildman–Crippen MR) is 88.4 cm³/mol. The van der Waals surface area contributed by atoms with E-state index in [1.54, 1.807) is 0 Å². The Hall–Kier alpha value is -1.26. The van der Waals surface area contributed by atoms with Crippen LogP contribution in [0.2, 0.25) is 0 Å². The second-order valence-electron chi connectivity index (χ2n) is 6.00. The van der Waals surface area contributed by atoms with Crippen molar-refractivity contribution < 1.29 is 0 Å². The molecule has 1 N–H and O–H groups in total. The highest BCUT2D eigenvalue weighted by Crippen LogP contribution is 2.35. The summed E-state index contributed by atoms with van der Waals surface area (Å²) in [5.74, 6) is 2.97. The van der Waals surface area contributed by atoms with E-state index in [-0.39, 0.29) is 0 Å². The molecule has 0 saturated heterocycles. The lowest BCUT2D eigenvalue weighted by Gasteiger charge is -2.26. The number of aromatic nitrogens is 2. The summed E-state index contributed by atoms with van der Waals surface area (Å²) >= 11 is 1.97. The van der Waals surface area contributed by atoms with E-state index < -0.39 is 0 Å². The molecule has 1 aromatic heterocycles. The van der Waals surface area contributed by atoms with Gasteiger partial charge in [0.2, 0.25) is 0 Å². The van der Waals surface area contributed by atoms with E-state index in [2.05, 4.69) is 59.2 Å². The fraction of sp³-hybridized carbons (Fsp3) is 0.471. The Bertz CT molecular complexity index is 591. The number of hydrogen-bond donors (Lipinski definition) is 1. The van der Waals surface area contributed by atoms with E-state index in [4.69, 9.17) is 0 Å². The number of nitrogens with zero attached hydrogens (tertiary/aromatic N) is 2. The first-order chi connectivity index (χ1) is 10.2. The van der Waals surface area contributed by atoms with Crippen molar-refractivity contribution >= 4 is 11.8 Å². The zero-order valence-electron chi connectivity index (χ0n) is 12.7. The summed E-state index contributed by atoms with van der Waals surface area (Å²) in [7, 11) is 0. The lowest BCUT2D eigenvalue weighted by molar-refractivity contribution is 0.463. The quantitative estimate of drug-likeness (QED) is 0.909. The summed E-state index contributed by atoms with van der Waals surface area (Å²) in [6.45, 7) is 6.36. The average Bonchev–Trinajstić information content (AvgIpc) is 2.91. The van der Waals surface area contributed by atoms with Crippen molar-refractivity contribution in [1.82, 2.24) is 14.9 Å². The van der Waals surface area contributed by atoms with E-state index in [0.717, 1.165) is 18.9 Å². The Morgan fingerprint density at radius 1 is 1.38 bits per heavy atom. The van der Waals surface area contributed by atoms with Gasteiger partial charge in [-0.3, -0.25) is 0 Å². The number of rotatable bonds is 5. The highest BCUT2D eigenvalue weighted by atomic mass is 32.2. The first-order valence-electron chi connectivity index (χ1n) is 7.69. The largest absolute Gasteiger partial charge is 0.334 e. The van der Waals surface area contributed by atoms with Gasteiger partial charge in [0.15, 0.2) is 0 Å². The monoisotopic (exact) mass is 301 g/mol. The molecule has 2 aromatic rings. The minimum atomic E-state index is 0.451. The molecule has 0 radical (unpaired) electrons. The number of imidazole rings is 1. The Balaban J connectivity index is 1.68. The molecule has 3 rings (SSSR count).